The summed E-state index contributed by atoms with van der Waals surface area (Å²) in [7, 11) is -3.91. The predicted octanol–water partition coefficient (Wildman–Crippen LogP) is 5.59. The number of nitrogens with one attached hydrogen (secondary N) is 1. The largest absolute Gasteiger partial charge is 0.465 e. The first-order chi connectivity index (χ1) is 19.2. The van der Waals surface area contributed by atoms with Gasteiger partial charge in [0.15, 0.2) is 0 Å². The van der Waals surface area contributed by atoms with Crippen LogP contribution in [-0.4, -0.2) is 65.5 Å². The number of amides is 2. The van der Waals surface area contributed by atoms with Crippen LogP contribution in [0.4, 0.5) is 10.5 Å². The molecule has 1 unspecified atom stereocenters. The number of hydrogen-bond donors (Lipinski definition) is 2. The number of hydrogen-bond acceptors (Lipinski definition) is 5. The number of piperazine rings is 1. The van der Waals surface area contributed by atoms with Gasteiger partial charge in [-0.15, -0.1) is 0 Å². The Morgan fingerprint density at radius 1 is 0.950 bits per heavy atom. The first kappa shape index (κ1) is 27.9. The summed E-state index contributed by atoms with van der Waals surface area (Å²) in [6, 6.07) is 14.4. The molecule has 1 saturated carbocycles. The molecular formula is C30H36N4O5S. The fraction of sp³-hybridized carbons (Fsp3) is 0.433. The summed E-state index contributed by atoms with van der Waals surface area (Å²) in [6.45, 7) is 2.52. The van der Waals surface area contributed by atoms with Crippen molar-refractivity contribution in [3.8, 4) is 0 Å². The molecule has 2 amide bonds. The average Bonchev–Trinajstić information content (AvgIpc) is 2.96. The standard InChI is InChI=1S/C30H36N4O5S/c1-21-26(17-12-22-7-3-2-4-8-22)34(30(36)37)20-19-33(21)29(35)24-13-15-25(16-14-24)32-40(38,39)27-11-5-9-23-10-6-18-31-28(23)27/h5-6,9-11,13-16,18,21-22,26,32H,2-4,7-8,12,17,19-20H2,1H3,(H,36,37)/t21?,26-/m1/s1. The van der Waals surface area contributed by atoms with Gasteiger partial charge in [-0.25, -0.2) is 13.2 Å². The monoisotopic (exact) mass is 564 g/mol. The Morgan fingerprint density at radius 2 is 1.65 bits per heavy atom. The zero-order valence-electron chi connectivity index (χ0n) is 22.7. The molecule has 1 saturated heterocycles. The number of nitrogens with zero attached hydrogens (tertiary/aromatic N) is 3. The van der Waals surface area contributed by atoms with E-state index in [9.17, 15) is 23.1 Å². The summed E-state index contributed by atoms with van der Waals surface area (Å²) in [5.74, 6) is 0.441. The van der Waals surface area contributed by atoms with E-state index in [0.717, 1.165) is 18.2 Å². The molecule has 1 aliphatic carbocycles. The van der Waals surface area contributed by atoms with E-state index in [1.165, 1.54) is 43.1 Å². The second-order valence-electron chi connectivity index (χ2n) is 10.9. The summed E-state index contributed by atoms with van der Waals surface area (Å²) in [5.41, 5.74) is 1.15. The molecule has 0 bridgehead atoms. The fourth-order valence-corrected chi connectivity index (χ4v) is 7.45. The number of rotatable bonds is 7. The van der Waals surface area contributed by atoms with Crippen LogP contribution in [0.25, 0.3) is 10.9 Å². The molecule has 2 heterocycles. The Hall–Kier alpha value is -3.66. The van der Waals surface area contributed by atoms with Crippen LogP contribution in [0.3, 0.4) is 0 Å². The molecule has 2 aliphatic rings. The quantitative estimate of drug-likeness (QED) is 0.386. The molecular weight excluding hydrogens is 528 g/mol. The minimum Gasteiger partial charge on any atom is -0.465 e. The van der Waals surface area contributed by atoms with E-state index < -0.39 is 16.1 Å². The number of carboxylic acid groups (broad SMARTS) is 1. The lowest BCUT2D eigenvalue weighted by atomic mass is 9.84. The van der Waals surface area contributed by atoms with E-state index in [-0.39, 0.29) is 29.4 Å². The molecule has 9 nitrogen and oxygen atoms in total. The maximum absolute atomic E-state index is 13.5. The van der Waals surface area contributed by atoms with Crippen molar-refractivity contribution < 1.29 is 23.1 Å². The molecule has 0 radical (unpaired) electrons. The topological polar surface area (TPSA) is 120 Å². The highest BCUT2D eigenvalue weighted by molar-refractivity contribution is 7.93. The maximum Gasteiger partial charge on any atom is 0.407 e. The Bertz CT molecular complexity index is 1470. The van der Waals surface area contributed by atoms with Gasteiger partial charge in [-0.1, -0.05) is 50.3 Å². The van der Waals surface area contributed by atoms with Gasteiger partial charge in [0.2, 0.25) is 0 Å². The van der Waals surface area contributed by atoms with E-state index in [4.69, 9.17) is 0 Å². The van der Waals surface area contributed by atoms with Gasteiger partial charge in [0.1, 0.15) is 4.90 Å². The van der Waals surface area contributed by atoms with Crippen molar-refractivity contribution in [2.24, 2.45) is 5.92 Å². The zero-order chi connectivity index (χ0) is 28.3. The number of benzene rings is 2. The number of pyridine rings is 1. The molecule has 10 heteroatoms. The number of sulfonamides is 1. The normalized spacial score (nSPS) is 20.4. The van der Waals surface area contributed by atoms with Gasteiger partial charge >= 0.3 is 6.09 Å². The summed E-state index contributed by atoms with van der Waals surface area (Å²) < 4.78 is 28.9. The van der Waals surface area contributed by atoms with Crippen molar-refractivity contribution >= 4 is 38.6 Å². The molecule has 2 atom stereocenters. The lowest BCUT2D eigenvalue weighted by Crippen LogP contribution is -2.61. The second kappa shape index (κ2) is 11.8. The highest BCUT2D eigenvalue weighted by Gasteiger charge is 2.38. The van der Waals surface area contributed by atoms with Crippen LogP contribution in [0.2, 0.25) is 0 Å². The molecule has 2 aromatic carbocycles. The lowest BCUT2D eigenvalue weighted by molar-refractivity contribution is 0.0209. The van der Waals surface area contributed by atoms with Crippen molar-refractivity contribution in [3.05, 3.63) is 66.4 Å². The highest BCUT2D eigenvalue weighted by atomic mass is 32.2. The van der Waals surface area contributed by atoms with Crippen LogP contribution in [0.5, 0.6) is 0 Å². The Balaban J connectivity index is 1.28. The molecule has 2 fully saturated rings. The van der Waals surface area contributed by atoms with Crippen LogP contribution < -0.4 is 4.72 Å². The van der Waals surface area contributed by atoms with Gasteiger partial charge in [0.05, 0.1) is 11.6 Å². The third-order valence-corrected chi connectivity index (χ3v) is 9.81. The van der Waals surface area contributed by atoms with E-state index >= 15 is 0 Å². The molecule has 3 aromatic rings. The van der Waals surface area contributed by atoms with Crippen LogP contribution in [0.15, 0.2) is 65.7 Å². The van der Waals surface area contributed by atoms with Crippen LogP contribution in [-0.2, 0) is 10.0 Å². The molecule has 5 rings (SSSR count). The fourth-order valence-electron chi connectivity index (χ4n) is 6.21. The number of anilines is 1. The predicted molar refractivity (Wildman–Crippen MR) is 154 cm³/mol. The average molecular weight is 565 g/mol. The van der Waals surface area contributed by atoms with Crippen molar-refractivity contribution in [2.75, 3.05) is 17.8 Å². The smallest absolute Gasteiger partial charge is 0.407 e. The molecule has 0 spiro atoms. The third-order valence-electron chi connectivity index (χ3n) is 8.40. The molecule has 40 heavy (non-hydrogen) atoms. The summed E-state index contributed by atoms with van der Waals surface area (Å²) in [6.07, 6.45) is 8.49. The number of carbonyl (C=O) groups excluding carboxylic acids is 1. The summed E-state index contributed by atoms with van der Waals surface area (Å²) in [5, 5.41) is 10.6. The second-order valence-corrected chi connectivity index (χ2v) is 12.5. The Morgan fingerprint density at radius 3 is 2.38 bits per heavy atom. The maximum atomic E-state index is 13.5. The van der Waals surface area contributed by atoms with Crippen LogP contribution >= 0.6 is 0 Å². The number of para-hydroxylation sites is 1. The number of carbonyl (C=O) groups is 2. The van der Waals surface area contributed by atoms with E-state index in [1.54, 1.807) is 59.6 Å². The van der Waals surface area contributed by atoms with Crippen molar-refractivity contribution in [3.63, 3.8) is 0 Å². The minimum atomic E-state index is -3.91. The van der Waals surface area contributed by atoms with Crippen LogP contribution in [0.1, 0.15) is 62.2 Å². The van der Waals surface area contributed by atoms with Gasteiger partial charge in [0, 0.05) is 42.0 Å². The lowest BCUT2D eigenvalue weighted by Gasteiger charge is -2.45. The van der Waals surface area contributed by atoms with Gasteiger partial charge in [-0.05, 0) is 62.1 Å². The Kier molecular flexibility index (Phi) is 8.25. The van der Waals surface area contributed by atoms with E-state index in [1.807, 2.05) is 6.92 Å². The number of fused-ring (bicyclic) bond motifs is 1. The van der Waals surface area contributed by atoms with E-state index in [0.29, 0.717) is 29.2 Å². The van der Waals surface area contributed by atoms with Gasteiger partial charge < -0.3 is 14.9 Å². The van der Waals surface area contributed by atoms with Crippen molar-refractivity contribution in [2.45, 2.75) is 68.8 Å². The molecule has 1 aromatic heterocycles. The molecule has 212 valence electrons. The van der Waals surface area contributed by atoms with Crippen molar-refractivity contribution in [1.29, 1.82) is 0 Å². The van der Waals surface area contributed by atoms with Gasteiger partial charge in [0.25, 0.3) is 15.9 Å². The summed E-state index contributed by atoms with van der Waals surface area (Å²) in [4.78, 5) is 33.1. The highest BCUT2D eigenvalue weighted by Crippen LogP contribution is 2.31. The van der Waals surface area contributed by atoms with Gasteiger partial charge in [-0.2, -0.15) is 0 Å². The molecule has 2 N–H and O–H groups in total. The summed E-state index contributed by atoms with van der Waals surface area (Å²) >= 11 is 0. The van der Waals surface area contributed by atoms with E-state index in [2.05, 4.69) is 9.71 Å². The van der Waals surface area contributed by atoms with Gasteiger partial charge in [-0.3, -0.25) is 14.5 Å². The third kappa shape index (κ3) is 5.91. The zero-order valence-corrected chi connectivity index (χ0v) is 23.5. The number of aromatic nitrogens is 1. The minimum absolute atomic E-state index is 0.0788. The Labute approximate surface area is 235 Å². The first-order valence-corrected chi connectivity index (χ1v) is 15.5. The SMILES string of the molecule is CC1[C@@H](CCC2CCCCC2)N(C(=O)O)CCN1C(=O)c1ccc(NS(=O)(=O)c2cccc3cccnc23)cc1. The molecule has 1 aliphatic heterocycles. The van der Waals surface area contributed by atoms with Crippen molar-refractivity contribution in [1.82, 2.24) is 14.8 Å². The first-order valence-electron chi connectivity index (χ1n) is 14.0. The van der Waals surface area contributed by atoms with Crippen LogP contribution in [0, 0.1) is 5.92 Å².